The van der Waals surface area contributed by atoms with E-state index in [0.29, 0.717) is 0 Å². The number of nitrogens with one attached hydrogen (secondary N) is 1. The molecule has 0 radical (unpaired) electrons. The molecule has 0 fully saturated rings. The lowest BCUT2D eigenvalue weighted by Crippen LogP contribution is -2.19. The van der Waals surface area contributed by atoms with E-state index in [9.17, 15) is 0 Å². The molecule has 0 amide bonds. The predicted molar refractivity (Wildman–Crippen MR) is 51.5 cm³/mol. The molecule has 0 aliphatic rings. The smallest absolute Gasteiger partial charge is 0.0169 e. The van der Waals surface area contributed by atoms with Crippen LogP contribution in [0.2, 0.25) is 0 Å². The minimum atomic E-state index is 0.788. The third-order valence-corrected chi connectivity index (χ3v) is 2.10. The van der Waals surface area contributed by atoms with Gasteiger partial charge in [-0.1, -0.05) is 33.3 Å². The fourth-order valence-corrected chi connectivity index (χ4v) is 0.881. The molecule has 0 aromatic carbocycles. The molecule has 0 aliphatic carbocycles. The minimum absolute atomic E-state index is 0.788. The highest BCUT2D eigenvalue weighted by Crippen LogP contribution is 2.01. The molecule has 0 saturated heterocycles. The van der Waals surface area contributed by atoms with E-state index in [1.165, 1.54) is 12.1 Å². The van der Waals surface area contributed by atoms with Gasteiger partial charge in [-0.3, -0.25) is 0 Å². The summed E-state index contributed by atoms with van der Waals surface area (Å²) in [5.41, 5.74) is 1.37. The third kappa shape index (κ3) is 4.88. The Bertz CT molecular complexity index is 116. The van der Waals surface area contributed by atoms with Gasteiger partial charge < -0.3 is 5.32 Å². The van der Waals surface area contributed by atoms with Gasteiger partial charge in [0.2, 0.25) is 0 Å². The first-order valence-electron chi connectivity index (χ1n) is 4.63. The molecule has 1 N–H and O–H groups in total. The van der Waals surface area contributed by atoms with Crippen LogP contribution in [-0.4, -0.2) is 6.54 Å². The van der Waals surface area contributed by atoms with Crippen LogP contribution in [-0.2, 0) is 0 Å². The van der Waals surface area contributed by atoms with Gasteiger partial charge in [0.25, 0.3) is 0 Å². The van der Waals surface area contributed by atoms with Gasteiger partial charge in [-0.25, -0.2) is 0 Å². The normalized spacial score (nSPS) is 14.7. The van der Waals surface area contributed by atoms with E-state index >= 15 is 0 Å². The largest absolute Gasteiger partial charge is 0.388 e. The van der Waals surface area contributed by atoms with Crippen molar-refractivity contribution in [2.75, 3.05) is 6.54 Å². The van der Waals surface area contributed by atoms with E-state index in [1.807, 2.05) is 0 Å². The average Bonchev–Trinajstić information content (AvgIpc) is 2.06. The molecule has 0 aromatic heterocycles. The molecule has 0 bridgehead atoms. The van der Waals surface area contributed by atoms with Crippen LogP contribution in [0.15, 0.2) is 11.8 Å². The lowest BCUT2D eigenvalue weighted by molar-refractivity contribution is 0.525. The van der Waals surface area contributed by atoms with Crippen molar-refractivity contribution in [2.24, 2.45) is 5.92 Å². The standard InChI is InChI=1S/C10H21N/c1-5-9(4)8-11-10(6-2)7-3/h6,9,11H,5,7-8H2,1-4H3/b10-6-. The Kier molecular flexibility index (Phi) is 6.00. The molecular formula is C10H21N. The summed E-state index contributed by atoms with van der Waals surface area (Å²) in [6.07, 6.45) is 4.53. The molecule has 0 rings (SSSR count). The van der Waals surface area contributed by atoms with Crippen LogP contribution in [0, 0.1) is 5.92 Å². The van der Waals surface area contributed by atoms with E-state index in [0.717, 1.165) is 18.9 Å². The van der Waals surface area contributed by atoms with Crippen molar-refractivity contribution in [2.45, 2.75) is 40.5 Å². The van der Waals surface area contributed by atoms with Crippen molar-refractivity contribution >= 4 is 0 Å². The fourth-order valence-electron chi connectivity index (χ4n) is 0.881. The maximum absolute atomic E-state index is 3.43. The highest BCUT2D eigenvalue weighted by Gasteiger charge is 1.97. The molecule has 0 aliphatic heterocycles. The summed E-state index contributed by atoms with van der Waals surface area (Å²) in [6.45, 7) is 9.88. The van der Waals surface area contributed by atoms with E-state index in [2.05, 4.69) is 39.1 Å². The Labute approximate surface area is 70.9 Å². The lowest BCUT2D eigenvalue weighted by Gasteiger charge is -2.12. The summed E-state index contributed by atoms with van der Waals surface area (Å²) in [5.74, 6) is 0.788. The second-order valence-corrected chi connectivity index (χ2v) is 3.06. The first-order valence-corrected chi connectivity index (χ1v) is 4.63. The Hall–Kier alpha value is -0.460. The molecule has 1 unspecified atom stereocenters. The number of allylic oxidation sites excluding steroid dienone is 2. The second kappa shape index (κ2) is 6.26. The molecule has 11 heavy (non-hydrogen) atoms. The molecule has 1 nitrogen and oxygen atoms in total. The van der Waals surface area contributed by atoms with E-state index < -0.39 is 0 Å². The summed E-state index contributed by atoms with van der Waals surface area (Å²) in [6, 6.07) is 0. The number of hydrogen-bond donors (Lipinski definition) is 1. The Morgan fingerprint density at radius 2 is 2.09 bits per heavy atom. The van der Waals surface area contributed by atoms with Crippen LogP contribution in [0.25, 0.3) is 0 Å². The molecule has 0 spiro atoms. The average molecular weight is 155 g/mol. The zero-order valence-corrected chi connectivity index (χ0v) is 8.28. The van der Waals surface area contributed by atoms with Gasteiger partial charge in [0, 0.05) is 12.2 Å². The summed E-state index contributed by atoms with van der Waals surface area (Å²) in [7, 11) is 0. The molecule has 66 valence electrons. The Balaban J connectivity index is 3.51. The van der Waals surface area contributed by atoms with Gasteiger partial charge >= 0.3 is 0 Å². The zero-order chi connectivity index (χ0) is 8.69. The van der Waals surface area contributed by atoms with Crippen LogP contribution in [0.3, 0.4) is 0 Å². The van der Waals surface area contributed by atoms with E-state index in [-0.39, 0.29) is 0 Å². The first-order chi connectivity index (χ1) is 5.24. The van der Waals surface area contributed by atoms with Crippen molar-refractivity contribution in [3.63, 3.8) is 0 Å². The summed E-state index contributed by atoms with van der Waals surface area (Å²) in [4.78, 5) is 0. The number of rotatable bonds is 5. The SMILES string of the molecule is C/C=C(/CC)NCC(C)CC. The quantitative estimate of drug-likeness (QED) is 0.643. The van der Waals surface area contributed by atoms with Crippen LogP contribution < -0.4 is 5.32 Å². The van der Waals surface area contributed by atoms with Crippen LogP contribution >= 0.6 is 0 Å². The molecular weight excluding hydrogens is 134 g/mol. The summed E-state index contributed by atoms with van der Waals surface area (Å²) in [5, 5.41) is 3.43. The van der Waals surface area contributed by atoms with Gasteiger partial charge in [0.15, 0.2) is 0 Å². The highest BCUT2D eigenvalue weighted by atomic mass is 14.9. The van der Waals surface area contributed by atoms with Crippen molar-refractivity contribution < 1.29 is 0 Å². The predicted octanol–water partition coefficient (Wildman–Crippen LogP) is 2.94. The van der Waals surface area contributed by atoms with E-state index in [1.54, 1.807) is 0 Å². The number of hydrogen-bond acceptors (Lipinski definition) is 1. The topological polar surface area (TPSA) is 12.0 Å². The van der Waals surface area contributed by atoms with Gasteiger partial charge in [-0.05, 0) is 19.3 Å². The van der Waals surface area contributed by atoms with Crippen molar-refractivity contribution in [1.82, 2.24) is 5.32 Å². The van der Waals surface area contributed by atoms with E-state index in [4.69, 9.17) is 0 Å². The monoisotopic (exact) mass is 155 g/mol. The molecule has 1 heteroatoms. The summed E-state index contributed by atoms with van der Waals surface area (Å²) >= 11 is 0. The van der Waals surface area contributed by atoms with Gasteiger partial charge in [-0.2, -0.15) is 0 Å². The van der Waals surface area contributed by atoms with Crippen LogP contribution in [0.4, 0.5) is 0 Å². The Morgan fingerprint density at radius 3 is 2.45 bits per heavy atom. The fraction of sp³-hybridized carbons (Fsp3) is 0.800. The van der Waals surface area contributed by atoms with Gasteiger partial charge in [0.1, 0.15) is 0 Å². The van der Waals surface area contributed by atoms with Crippen LogP contribution in [0.5, 0.6) is 0 Å². The minimum Gasteiger partial charge on any atom is -0.388 e. The maximum atomic E-state index is 3.43. The zero-order valence-electron chi connectivity index (χ0n) is 8.28. The van der Waals surface area contributed by atoms with Crippen molar-refractivity contribution in [1.29, 1.82) is 0 Å². The molecule has 0 heterocycles. The maximum Gasteiger partial charge on any atom is 0.0169 e. The third-order valence-electron chi connectivity index (χ3n) is 2.10. The second-order valence-electron chi connectivity index (χ2n) is 3.06. The first kappa shape index (κ1) is 10.5. The molecule has 0 saturated carbocycles. The van der Waals surface area contributed by atoms with Gasteiger partial charge in [0.05, 0.1) is 0 Å². The van der Waals surface area contributed by atoms with Gasteiger partial charge in [-0.15, -0.1) is 0 Å². The van der Waals surface area contributed by atoms with Crippen molar-refractivity contribution in [3.05, 3.63) is 11.8 Å². The molecule has 1 atom stereocenters. The van der Waals surface area contributed by atoms with Crippen molar-refractivity contribution in [3.8, 4) is 0 Å². The lowest BCUT2D eigenvalue weighted by atomic mass is 10.1. The van der Waals surface area contributed by atoms with Crippen LogP contribution in [0.1, 0.15) is 40.5 Å². The molecule has 0 aromatic rings. The summed E-state index contributed by atoms with van der Waals surface area (Å²) < 4.78 is 0. The highest BCUT2D eigenvalue weighted by molar-refractivity contribution is 4.96. The Morgan fingerprint density at radius 1 is 1.45 bits per heavy atom.